The maximum absolute atomic E-state index is 12.7. The largest absolute Gasteiger partial charge is 0.486 e. The van der Waals surface area contributed by atoms with Gasteiger partial charge in [-0.1, -0.05) is 12.1 Å². The minimum Gasteiger partial charge on any atom is -0.486 e. The number of ether oxygens (including phenoxy) is 2. The van der Waals surface area contributed by atoms with Crippen LogP contribution in [0, 0.1) is 0 Å². The molecule has 1 heterocycles. The highest BCUT2D eigenvalue weighted by molar-refractivity contribution is 9.10. The summed E-state index contributed by atoms with van der Waals surface area (Å²) in [5, 5.41) is 2.65. The first kappa shape index (κ1) is 18.3. The van der Waals surface area contributed by atoms with Crippen LogP contribution in [0.2, 0.25) is 0 Å². The van der Waals surface area contributed by atoms with Gasteiger partial charge < -0.3 is 14.8 Å². The molecule has 0 fully saturated rings. The number of carbonyl (C=O) groups excluding carboxylic acids is 1. The first-order chi connectivity index (χ1) is 12.3. The maximum Gasteiger partial charge on any atom is 0.416 e. The van der Waals surface area contributed by atoms with Gasteiger partial charge in [-0.25, -0.2) is 0 Å². The van der Waals surface area contributed by atoms with E-state index in [2.05, 4.69) is 21.2 Å². The molecule has 136 valence electrons. The summed E-state index contributed by atoms with van der Waals surface area (Å²) < 4.78 is 49.6. The summed E-state index contributed by atoms with van der Waals surface area (Å²) in [6, 6.07) is 8.03. The third-order valence-electron chi connectivity index (χ3n) is 3.53. The van der Waals surface area contributed by atoms with Crippen LogP contribution < -0.4 is 14.8 Å². The first-order valence-corrected chi connectivity index (χ1v) is 8.38. The van der Waals surface area contributed by atoms with Crippen molar-refractivity contribution in [2.45, 2.75) is 6.18 Å². The van der Waals surface area contributed by atoms with Crippen LogP contribution in [-0.2, 0) is 11.0 Å². The summed E-state index contributed by atoms with van der Waals surface area (Å²) in [6.07, 6.45) is -1.95. The van der Waals surface area contributed by atoms with Crippen LogP contribution in [0.5, 0.6) is 11.5 Å². The van der Waals surface area contributed by atoms with Gasteiger partial charge in [0, 0.05) is 22.7 Å². The van der Waals surface area contributed by atoms with E-state index in [1.54, 1.807) is 12.1 Å². The van der Waals surface area contributed by atoms with E-state index in [4.69, 9.17) is 9.47 Å². The van der Waals surface area contributed by atoms with Gasteiger partial charge in [0.1, 0.15) is 13.2 Å². The van der Waals surface area contributed by atoms with Crippen molar-refractivity contribution in [3.63, 3.8) is 0 Å². The average Bonchev–Trinajstić information content (AvgIpc) is 2.60. The number of nitrogens with one attached hydrogen (secondary N) is 1. The first-order valence-electron chi connectivity index (χ1n) is 7.58. The fourth-order valence-corrected chi connectivity index (χ4v) is 2.75. The Morgan fingerprint density at radius 3 is 2.50 bits per heavy atom. The predicted octanol–water partition coefficient (Wildman–Crippen LogP) is 4.89. The lowest BCUT2D eigenvalue weighted by molar-refractivity contribution is -0.137. The van der Waals surface area contributed by atoms with Crippen LogP contribution in [0.1, 0.15) is 11.1 Å². The SMILES string of the molecule is O=C(/C=C/c1cccc(C(F)(F)F)c1)Nc1cc2c(cc1Br)OCCO2. The van der Waals surface area contributed by atoms with Gasteiger partial charge in [0.2, 0.25) is 5.91 Å². The fraction of sp³-hybridized carbons (Fsp3) is 0.167. The van der Waals surface area contributed by atoms with Crippen LogP contribution in [0.15, 0.2) is 46.9 Å². The van der Waals surface area contributed by atoms with Gasteiger partial charge in [-0.15, -0.1) is 0 Å². The van der Waals surface area contributed by atoms with Crippen LogP contribution in [0.25, 0.3) is 6.08 Å². The molecule has 1 aliphatic rings. The molecule has 0 unspecified atom stereocenters. The average molecular weight is 428 g/mol. The summed E-state index contributed by atoms with van der Waals surface area (Å²) in [6.45, 7) is 0.863. The molecule has 0 spiro atoms. The number of amides is 1. The van der Waals surface area contributed by atoms with Crippen LogP contribution >= 0.6 is 15.9 Å². The maximum atomic E-state index is 12.7. The molecule has 0 saturated heterocycles. The Bertz CT molecular complexity index is 865. The van der Waals surface area contributed by atoms with Crippen LogP contribution in [-0.4, -0.2) is 19.1 Å². The lowest BCUT2D eigenvalue weighted by Crippen LogP contribution is -2.16. The number of hydrogen-bond acceptors (Lipinski definition) is 3. The second-order valence-corrected chi connectivity index (χ2v) is 6.28. The van der Waals surface area contributed by atoms with Gasteiger partial charge in [-0.05, 0) is 39.7 Å². The summed E-state index contributed by atoms with van der Waals surface area (Å²) in [5.41, 5.74) is -0.0289. The number of carbonyl (C=O) groups is 1. The highest BCUT2D eigenvalue weighted by atomic mass is 79.9. The van der Waals surface area contributed by atoms with E-state index in [-0.39, 0.29) is 5.56 Å². The van der Waals surface area contributed by atoms with Crippen molar-refractivity contribution in [1.29, 1.82) is 0 Å². The number of anilines is 1. The van der Waals surface area contributed by atoms with E-state index >= 15 is 0 Å². The Morgan fingerprint density at radius 2 is 1.81 bits per heavy atom. The van der Waals surface area contributed by atoms with Crippen molar-refractivity contribution in [1.82, 2.24) is 0 Å². The number of rotatable bonds is 3. The molecule has 4 nitrogen and oxygen atoms in total. The zero-order valence-electron chi connectivity index (χ0n) is 13.3. The Kier molecular flexibility index (Phi) is 5.22. The minimum absolute atomic E-state index is 0.274. The van der Waals surface area contributed by atoms with Gasteiger partial charge in [0.05, 0.1) is 11.3 Å². The van der Waals surface area contributed by atoms with Crippen molar-refractivity contribution in [2.75, 3.05) is 18.5 Å². The molecule has 0 saturated carbocycles. The molecule has 3 rings (SSSR count). The number of alkyl halides is 3. The highest BCUT2D eigenvalue weighted by Gasteiger charge is 2.30. The Morgan fingerprint density at radius 1 is 1.12 bits per heavy atom. The predicted molar refractivity (Wildman–Crippen MR) is 94.2 cm³/mol. The van der Waals surface area contributed by atoms with Gasteiger partial charge in [-0.2, -0.15) is 13.2 Å². The molecule has 8 heteroatoms. The van der Waals surface area contributed by atoms with Gasteiger partial charge in [-0.3, -0.25) is 4.79 Å². The standard InChI is InChI=1S/C18H13BrF3NO3/c19-13-9-15-16(26-7-6-25-15)10-14(13)23-17(24)5-4-11-2-1-3-12(8-11)18(20,21)22/h1-5,8-10H,6-7H2,(H,23,24)/b5-4+. The molecule has 0 aliphatic carbocycles. The normalized spacial score (nSPS) is 13.7. The van der Waals surface area contributed by atoms with Crippen molar-refractivity contribution < 1.29 is 27.4 Å². The number of benzene rings is 2. The topological polar surface area (TPSA) is 47.6 Å². The molecular weight excluding hydrogens is 415 g/mol. The monoisotopic (exact) mass is 427 g/mol. The lowest BCUT2D eigenvalue weighted by Gasteiger charge is -2.19. The van der Waals surface area contributed by atoms with Crippen molar-refractivity contribution in [3.05, 3.63) is 58.1 Å². The molecule has 26 heavy (non-hydrogen) atoms. The Labute approximate surface area is 155 Å². The van der Waals surface area contributed by atoms with E-state index < -0.39 is 17.6 Å². The van der Waals surface area contributed by atoms with Crippen molar-refractivity contribution in [3.8, 4) is 11.5 Å². The van der Waals surface area contributed by atoms with Crippen molar-refractivity contribution >= 4 is 33.6 Å². The molecule has 0 atom stereocenters. The molecule has 2 aromatic carbocycles. The smallest absolute Gasteiger partial charge is 0.416 e. The van der Waals surface area contributed by atoms with Crippen LogP contribution in [0.4, 0.5) is 18.9 Å². The quantitative estimate of drug-likeness (QED) is 0.709. The summed E-state index contributed by atoms with van der Waals surface area (Å²) in [4.78, 5) is 12.1. The molecule has 1 amide bonds. The lowest BCUT2D eigenvalue weighted by atomic mass is 10.1. The molecule has 1 N–H and O–H groups in total. The molecule has 0 radical (unpaired) electrons. The second-order valence-electron chi connectivity index (χ2n) is 5.42. The number of fused-ring (bicyclic) bond motifs is 1. The zero-order valence-corrected chi connectivity index (χ0v) is 14.9. The van der Waals surface area contributed by atoms with E-state index in [0.29, 0.717) is 34.9 Å². The summed E-state index contributed by atoms with van der Waals surface area (Å²) in [7, 11) is 0. The summed E-state index contributed by atoms with van der Waals surface area (Å²) >= 11 is 3.33. The van der Waals surface area contributed by atoms with E-state index in [0.717, 1.165) is 12.1 Å². The molecule has 1 aliphatic heterocycles. The third-order valence-corrected chi connectivity index (χ3v) is 4.19. The van der Waals surface area contributed by atoms with E-state index in [1.807, 2.05) is 0 Å². The van der Waals surface area contributed by atoms with E-state index in [9.17, 15) is 18.0 Å². The van der Waals surface area contributed by atoms with Gasteiger partial charge in [0.15, 0.2) is 11.5 Å². The number of hydrogen-bond donors (Lipinski definition) is 1. The second kappa shape index (κ2) is 7.41. The zero-order chi connectivity index (χ0) is 18.7. The summed E-state index contributed by atoms with van der Waals surface area (Å²) in [5.74, 6) is 0.594. The van der Waals surface area contributed by atoms with Crippen molar-refractivity contribution in [2.24, 2.45) is 0 Å². The molecule has 0 bridgehead atoms. The van der Waals surface area contributed by atoms with Crippen LogP contribution in [0.3, 0.4) is 0 Å². The fourth-order valence-electron chi connectivity index (χ4n) is 2.32. The van der Waals surface area contributed by atoms with Gasteiger partial charge in [0.25, 0.3) is 0 Å². The molecular formula is C18H13BrF3NO3. The van der Waals surface area contributed by atoms with E-state index in [1.165, 1.54) is 24.3 Å². The number of halogens is 4. The third kappa shape index (κ3) is 4.37. The Hall–Kier alpha value is -2.48. The van der Waals surface area contributed by atoms with Gasteiger partial charge >= 0.3 is 6.18 Å². The Balaban J connectivity index is 1.72. The highest BCUT2D eigenvalue weighted by Crippen LogP contribution is 2.38. The molecule has 2 aromatic rings. The molecule has 0 aromatic heterocycles. The minimum atomic E-state index is -4.43.